The first-order valence-electron chi connectivity index (χ1n) is 13.0. The first kappa shape index (κ1) is 25.5. The number of nitrogens with one attached hydrogen (secondary N) is 2. The first-order valence-corrected chi connectivity index (χ1v) is 13.9. The van der Waals surface area contributed by atoms with Crippen LogP contribution in [0.3, 0.4) is 0 Å². The molecule has 2 aliphatic carbocycles. The molecule has 7 nitrogen and oxygen atoms in total. The third-order valence-corrected chi connectivity index (χ3v) is 7.82. The van der Waals surface area contributed by atoms with Gasteiger partial charge in [-0.05, 0) is 57.1 Å². The highest BCUT2D eigenvalue weighted by Gasteiger charge is 2.18. The van der Waals surface area contributed by atoms with E-state index in [1.54, 1.807) is 16.7 Å². The minimum atomic E-state index is -0.173. The maximum Gasteiger partial charge on any atom is 0.262 e. The molecule has 0 aliphatic heterocycles. The first-order chi connectivity index (χ1) is 17.1. The van der Waals surface area contributed by atoms with Crippen LogP contribution in [0.15, 0.2) is 45.9 Å². The summed E-state index contributed by atoms with van der Waals surface area (Å²) in [5.74, 6) is 0.0658. The van der Waals surface area contributed by atoms with E-state index in [0.717, 1.165) is 44.9 Å². The van der Waals surface area contributed by atoms with Gasteiger partial charge in [0.15, 0.2) is 5.16 Å². The molecule has 0 unspecified atom stereocenters. The number of allylic oxidation sites excluding steroid dienone is 1. The molecule has 4 rings (SSSR count). The number of aromatic nitrogens is 2. The molecule has 0 radical (unpaired) electrons. The Morgan fingerprint density at radius 3 is 2.69 bits per heavy atom. The van der Waals surface area contributed by atoms with Crippen LogP contribution in [0.25, 0.3) is 10.9 Å². The average Bonchev–Trinajstić information content (AvgIpc) is 2.88. The van der Waals surface area contributed by atoms with E-state index in [-0.39, 0.29) is 42.1 Å². The molecule has 1 heterocycles. The van der Waals surface area contributed by atoms with Gasteiger partial charge in [-0.2, -0.15) is 0 Å². The largest absolute Gasteiger partial charge is 0.355 e. The van der Waals surface area contributed by atoms with E-state index in [9.17, 15) is 14.4 Å². The monoisotopic (exact) mass is 496 g/mol. The minimum Gasteiger partial charge on any atom is -0.355 e. The molecule has 188 valence electrons. The highest BCUT2D eigenvalue weighted by atomic mass is 32.2. The standard InChI is InChI=1S/C27H36N4O3S/c32-24(29-21-11-5-2-6-12-21)16-18-31-26(34)22-13-7-8-14-23(22)30-27(31)35-19-25(33)28-17-15-20-9-3-1-4-10-20/h7-9,13-14,21H,1-6,10-12,15-19H2,(H,28,33)(H,29,32). The van der Waals surface area contributed by atoms with Gasteiger partial charge in [0.05, 0.1) is 16.7 Å². The number of amides is 2. The predicted molar refractivity (Wildman–Crippen MR) is 141 cm³/mol. The highest BCUT2D eigenvalue weighted by molar-refractivity contribution is 7.99. The van der Waals surface area contributed by atoms with Crippen LogP contribution in [0.5, 0.6) is 0 Å². The molecule has 1 aromatic carbocycles. The van der Waals surface area contributed by atoms with E-state index in [1.165, 1.54) is 36.6 Å². The van der Waals surface area contributed by atoms with E-state index in [1.807, 2.05) is 12.1 Å². The second-order valence-electron chi connectivity index (χ2n) is 9.52. The second kappa shape index (κ2) is 12.9. The lowest BCUT2D eigenvalue weighted by atomic mass is 9.95. The third kappa shape index (κ3) is 7.43. The Labute approximate surface area is 211 Å². The van der Waals surface area contributed by atoms with Gasteiger partial charge in [0, 0.05) is 25.6 Å². The Morgan fingerprint density at radius 1 is 1.06 bits per heavy atom. The summed E-state index contributed by atoms with van der Waals surface area (Å²) in [6.45, 7) is 0.873. The van der Waals surface area contributed by atoms with Gasteiger partial charge in [-0.15, -0.1) is 0 Å². The normalized spacial score (nSPS) is 16.6. The van der Waals surface area contributed by atoms with Crippen LogP contribution in [-0.4, -0.2) is 39.7 Å². The Balaban J connectivity index is 1.37. The van der Waals surface area contributed by atoms with Crippen molar-refractivity contribution in [2.24, 2.45) is 0 Å². The van der Waals surface area contributed by atoms with Crippen molar-refractivity contribution in [3.05, 3.63) is 46.3 Å². The number of carbonyl (C=O) groups excluding carboxylic acids is 2. The second-order valence-corrected chi connectivity index (χ2v) is 10.5. The lowest BCUT2D eigenvalue weighted by Crippen LogP contribution is -2.37. The molecule has 0 atom stereocenters. The highest BCUT2D eigenvalue weighted by Crippen LogP contribution is 2.21. The Hall–Kier alpha value is -2.61. The molecule has 1 fully saturated rings. The van der Waals surface area contributed by atoms with E-state index >= 15 is 0 Å². The van der Waals surface area contributed by atoms with Gasteiger partial charge < -0.3 is 10.6 Å². The molecule has 2 aromatic rings. The van der Waals surface area contributed by atoms with Crippen molar-refractivity contribution in [1.82, 2.24) is 20.2 Å². The number of carbonyl (C=O) groups is 2. The smallest absolute Gasteiger partial charge is 0.262 e. The summed E-state index contributed by atoms with van der Waals surface area (Å²) >= 11 is 1.25. The van der Waals surface area contributed by atoms with E-state index in [2.05, 4.69) is 21.7 Å². The molecule has 35 heavy (non-hydrogen) atoms. The van der Waals surface area contributed by atoms with Crippen molar-refractivity contribution in [1.29, 1.82) is 0 Å². The van der Waals surface area contributed by atoms with Crippen LogP contribution in [0.1, 0.15) is 70.6 Å². The summed E-state index contributed by atoms with van der Waals surface area (Å²) in [4.78, 5) is 42.9. The summed E-state index contributed by atoms with van der Waals surface area (Å²) in [5.41, 5.74) is 1.86. The van der Waals surface area contributed by atoms with Crippen LogP contribution in [0, 0.1) is 0 Å². The maximum absolute atomic E-state index is 13.2. The Morgan fingerprint density at radius 2 is 1.89 bits per heavy atom. The lowest BCUT2D eigenvalue weighted by molar-refractivity contribution is -0.122. The lowest BCUT2D eigenvalue weighted by Gasteiger charge is -2.23. The average molecular weight is 497 g/mol. The summed E-state index contributed by atoms with van der Waals surface area (Å²) in [6.07, 6.45) is 13.8. The van der Waals surface area contributed by atoms with Crippen LogP contribution >= 0.6 is 11.8 Å². The Bertz CT molecular complexity index is 1120. The zero-order chi connectivity index (χ0) is 24.5. The number of hydrogen-bond donors (Lipinski definition) is 2. The van der Waals surface area contributed by atoms with Crippen molar-refractivity contribution in [3.63, 3.8) is 0 Å². The van der Waals surface area contributed by atoms with Gasteiger partial charge in [-0.3, -0.25) is 19.0 Å². The number of nitrogens with zero attached hydrogens (tertiary/aromatic N) is 2. The fraction of sp³-hybridized carbons (Fsp3) is 0.556. The van der Waals surface area contributed by atoms with E-state index in [4.69, 9.17) is 0 Å². The molecular weight excluding hydrogens is 460 g/mol. The minimum absolute atomic E-state index is 0.0392. The summed E-state index contributed by atoms with van der Waals surface area (Å²) in [6, 6.07) is 7.46. The van der Waals surface area contributed by atoms with Crippen molar-refractivity contribution in [2.75, 3.05) is 12.3 Å². The fourth-order valence-electron chi connectivity index (χ4n) is 4.89. The molecular formula is C27H36N4O3S. The van der Waals surface area contributed by atoms with E-state index < -0.39 is 0 Å². The number of thioether (sulfide) groups is 1. The molecule has 2 N–H and O–H groups in total. The summed E-state index contributed by atoms with van der Waals surface area (Å²) < 4.78 is 1.55. The van der Waals surface area contributed by atoms with Crippen LogP contribution in [0.2, 0.25) is 0 Å². The van der Waals surface area contributed by atoms with Crippen molar-refractivity contribution in [3.8, 4) is 0 Å². The zero-order valence-electron chi connectivity index (χ0n) is 20.4. The van der Waals surface area contributed by atoms with Gasteiger partial charge in [0.1, 0.15) is 0 Å². The SMILES string of the molecule is O=C(CSc1nc2ccccc2c(=O)n1CCC(=O)NC1CCCCC1)NCCC1=CCCCC1. The number of rotatable bonds is 10. The van der Waals surface area contributed by atoms with Crippen LogP contribution in [-0.2, 0) is 16.1 Å². The van der Waals surface area contributed by atoms with Gasteiger partial charge >= 0.3 is 0 Å². The number of hydrogen-bond acceptors (Lipinski definition) is 5. The molecule has 0 spiro atoms. The van der Waals surface area contributed by atoms with Crippen LogP contribution in [0.4, 0.5) is 0 Å². The maximum atomic E-state index is 13.2. The topological polar surface area (TPSA) is 93.1 Å². The van der Waals surface area contributed by atoms with Crippen molar-refractivity contribution < 1.29 is 9.59 Å². The van der Waals surface area contributed by atoms with Gasteiger partial charge in [-0.1, -0.05) is 54.8 Å². The van der Waals surface area contributed by atoms with Gasteiger partial charge in [-0.25, -0.2) is 4.98 Å². The predicted octanol–water partition coefficient (Wildman–Crippen LogP) is 4.33. The summed E-state index contributed by atoms with van der Waals surface area (Å²) in [5, 5.41) is 7.10. The molecule has 2 amide bonds. The number of para-hydroxylation sites is 1. The molecule has 1 aromatic heterocycles. The molecule has 1 saturated carbocycles. The van der Waals surface area contributed by atoms with Crippen molar-refractivity contribution >= 4 is 34.5 Å². The van der Waals surface area contributed by atoms with Crippen molar-refractivity contribution in [2.45, 2.75) is 88.4 Å². The zero-order valence-corrected chi connectivity index (χ0v) is 21.2. The van der Waals surface area contributed by atoms with Gasteiger partial charge in [0.25, 0.3) is 5.56 Å². The number of benzene rings is 1. The molecule has 0 bridgehead atoms. The summed E-state index contributed by atoms with van der Waals surface area (Å²) in [7, 11) is 0. The van der Waals surface area contributed by atoms with Crippen LogP contribution < -0.4 is 16.2 Å². The molecule has 2 aliphatic rings. The van der Waals surface area contributed by atoms with E-state index in [0.29, 0.717) is 22.6 Å². The quantitative estimate of drug-likeness (QED) is 0.290. The van der Waals surface area contributed by atoms with Gasteiger partial charge in [0.2, 0.25) is 11.8 Å². The third-order valence-electron chi connectivity index (χ3n) is 6.85. The number of fused-ring (bicyclic) bond motifs is 1. The molecule has 8 heteroatoms. The Kier molecular flexibility index (Phi) is 9.40. The molecule has 0 saturated heterocycles. The fourth-order valence-corrected chi connectivity index (χ4v) is 5.75.